The van der Waals surface area contributed by atoms with Gasteiger partial charge in [-0.05, 0) is 37.8 Å². The number of aryl methyl sites for hydroxylation is 1. The topological polar surface area (TPSA) is 47.4 Å². The van der Waals surface area contributed by atoms with Gasteiger partial charge in [0.25, 0.3) is 5.91 Å². The molecule has 1 aromatic carbocycles. The molecule has 27 heavy (non-hydrogen) atoms. The van der Waals surface area contributed by atoms with Crippen molar-refractivity contribution < 1.29 is 9.53 Å². The molecule has 0 aliphatic carbocycles. The number of piperidine rings is 1. The molecule has 1 aliphatic rings. The molecule has 1 atom stereocenters. The summed E-state index contributed by atoms with van der Waals surface area (Å²) in [7, 11) is 0. The second-order valence-corrected chi connectivity index (χ2v) is 7.27. The molecule has 1 saturated heterocycles. The molecule has 0 radical (unpaired) electrons. The van der Waals surface area contributed by atoms with Crippen molar-refractivity contribution in [3.63, 3.8) is 0 Å². The first-order valence-electron chi connectivity index (χ1n) is 10.3. The Hall–Kier alpha value is -2.30. The average molecular weight is 370 g/mol. The van der Waals surface area contributed by atoms with Crippen LogP contribution in [-0.4, -0.2) is 40.1 Å². The number of hydrogen-bond donors (Lipinski definition) is 0. The van der Waals surface area contributed by atoms with E-state index in [1.165, 1.54) is 6.42 Å². The zero-order valence-corrected chi connectivity index (χ0v) is 16.6. The lowest BCUT2D eigenvalue weighted by Gasteiger charge is -2.33. The number of nitrogens with zero attached hydrogens (tertiary/aromatic N) is 3. The number of rotatable bonds is 8. The summed E-state index contributed by atoms with van der Waals surface area (Å²) in [5, 5.41) is 0. The SMILES string of the molecule is CCCCn1ccnc1[C@H]1CCCN(C(=O)c2ccccc2OCCC)C1. The number of likely N-dealkylation sites (tertiary alicyclic amines) is 1. The zero-order chi connectivity index (χ0) is 19.1. The van der Waals surface area contributed by atoms with Crippen LogP contribution in [0.2, 0.25) is 0 Å². The first-order valence-corrected chi connectivity index (χ1v) is 10.3. The third-order valence-corrected chi connectivity index (χ3v) is 5.15. The summed E-state index contributed by atoms with van der Waals surface area (Å²) in [6.45, 7) is 7.43. The maximum absolute atomic E-state index is 13.2. The van der Waals surface area contributed by atoms with E-state index in [2.05, 4.69) is 29.6 Å². The quantitative estimate of drug-likeness (QED) is 0.689. The van der Waals surface area contributed by atoms with E-state index in [9.17, 15) is 4.79 Å². The van der Waals surface area contributed by atoms with E-state index in [0.717, 1.165) is 51.1 Å². The van der Waals surface area contributed by atoms with E-state index in [1.54, 1.807) is 0 Å². The van der Waals surface area contributed by atoms with Crippen molar-refractivity contribution in [2.45, 2.75) is 58.4 Å². The second kappa shape index (κ2) is 9.58. The molecule has 0 unspecified atom stereocenters. The van der Waals surface area contributed by atoms with Crippen LogP contribution in [0.5, 0.6) is 5.75 Å². The van der Waals surface area contributed by atoms with Gasteiger partial charge in [0.15, 0.2) is 0 Å². The summed E-state index contributed by atoms with van der Waals surface area (Å²) in [5.41, 5.74) is 0.668. The number of benzene rings is 1. The number of para-hydroxylation sites is 1. The van der Waals surface area contributed by atoms with Gasteiger partial charge < -0.3 is 14.2 Å². The van der Waals surface area contributed by atoms with Crippen molar-refractivity contribution in [2.75, 3.05) is 19.7 Å². The molecular formula is C22H31N3O2. The van der Waals surface area contributed by atoms with Crippen LogP contribution in [0.15, 0.2) is 36.7 Å². The average Bonchev–Trinajstić information content (AvgIpc) is 3.19. The van der Waals surface area contributed by atoms with E-state index in [0.29, 0.717) is 23.8 Å². The van der Waals surface area contributed by atoms with Crippen molar-refractivity contribution in [1.82, 2.24) is 14.5 Å². The van der Waals surface area contributed by atoms with Gasteiger partial charge >= 0.3 is 0 Å². The summed E-state index contributed by atoms with van der Waals surface area (Å²) in [6.07, 6.45) is 9.30. The third-order valence-electron chi connectivity index (χ3n) is 5.15. The predicted octanol–water partition coefficient (Wildman–Crippen LogP) is 4.49. The Balaban J connectivity index is 1.73. The van der Waals surface area contributed by atoms with Gasteiger partial charge in [-0.1, -0.05) is 32.4 Å². The molecular weight excluding hydrogens is 338 g/mol. The number of imidazole rings is 1. The van der Waals surface area contributed by atoms with Crippen molar-refractivity contribution in [1.29, 1.82) is 0 Å². The van der Waals surface area contributed by atoms with Gasteiger partial charge in [0.1, 0.15) is 11.6 Å². The molecule has 1 fully saturated rings. The minimum atomic E-state index is 0.0677. The standard InChI is InChI=1S/C22H31N3O2/c1-3-5-13-24-15-12-23-21(24)18-9-8-14-25(17-18)22(26)19-10-6-7-11-20(19)27-16-4-2/h6-7,10-12,15,18H,3-5,8-9,13-14,16-17H2,1-2H3/t18-/m0/s1. The van der Waals surface area contributed by atoms with Gasteiger partial charge in [-0.3, -0.25) is 4.79 Å². The largest absolute Gasteiger partial charge is 0.493 e. The minimum Gasteiger partial charge on any atom is -0.493 e. The van der Waals surface area contributed by atoms with Crippen LogP contribution in [0.25, 0.3) is 0 Å². The van der Waals surface area contributed by atoms with Crippen LogP contribution >= 0.6 is 0 Å². The summed E-state index contributed by atoms with van der Waals surface area (Å²) >= 11 is 0. The van der Waals surface area contributed by atoms with Crippen molar-refractivity contribution in [3.05, 3.63) is 48.0 Å². The number of unbranched alkanes of at least 4 members (excludes halogenated alkanes) is 1. The predicted molar refractivity (Wildman–Crippen MR) is 107 cm³/mol. The highest BCUT2D eigenvalue weighted by atomic mass is 16.5. The Morgan fingerprint density at radius 3 is 2.93 bits per heavy atom. The first-order chi connectivity index (χ1) is 13.2. The molecule has 1 aliphatic heterocycles. The van der Waals surface area contributed by atoms with Gasteiger partial charge in [-0.25, -0.2) is 4.98 Å². The lowest BCUT2D eigenvalue weighted by molar-refractivity contribution is 0.0699. The summed E-state index contributed by atoms with van der Waals surface area (Å²) < 4.78 is 8.06. The fourth-order valence-electron chi connectivity index (χ4n) is 3.72. The van der Waals surface area contributed by atoms with Gasteiger partial charge in [0, 0.05) is 37.9 Å². The fraction of sp³-hybridized carbons (Fsp3) is 0.545. The maximum atomic E-state index is 13.2. The number of carbonyl (C=O) groups excluding carboxylic acids is 1. The van der Waals surface area contributed by atoms with Gasteiger partial charge in [0.2, 0.25) is 0 Å². The molecule has 146 valence electrons. The monoisotopic (exact) mass is 369 g/mol. The number of hydrogen-bond acceptors (Lipinski definition) is 3. The number of ether oxygens (including phenoxy) is 1. The van der Waals surface area contributed by atoms with E-state index >= 15 is 0 Å². The van der Waals surface area contributed by atoms with Crippen LogP contribution < -0.4 is 4.74 Å². The first kappa shape index (κ1) is 19.5. The van der Waals surface area contributed by atoms with Gasteiger partial charge in [0.05, 0.1) is 12.2 Å². The Labute approximate surface area is 162 Å². The molecule has 3 rings (SSSR count). The van der Waals surface area contributed by atoms with Crippen molar-refractivity contribution in [3.8, 4) is 5.75 Å². The number of carbonyl (C=O) groups is 1. The molecule has 5 nitrogen and oxygen atoms in total. The lowest BCUT2D eigenvalue weighted by atomic mass is 9.96. The molecule has 5 heteroatoms. The van der Waals surface area contributed by atoms with Gasteiger partial charge in [-0.2, -0.15) is 0 Å². The Bertz CT molecular complexity index is 741. The highest BCUT2D eigenvalue weighted by Crippen LogP contribution is 2.29. The van der Waals surface area contributed by atoms with E-state index in [1.807, 2.05) is 35.4 Å². The second-order valence-electron chi connectivity index (χ2n) is 7.27. The number of aromatic nitrogens is 2. The smallest absolute Gasteiger partial charge is 0.257 e. The molecule has 2 heterocycles. The highest BCUT2D eigenvalue weighted by Gasteiger charge is 2.29. The molecule has 0 spiro atoms. The van der Waals surface area contributed by atoms with Crippen molar-refractivity contribution >= 4 is 5.91 Å². The Morgan fingerprint density at radius 2 is 2.11 bits per heavy atom. The van der Waals surface area contributed by atoms with E-state index < -0.39 is 0 Å². The molecule has 0 saturated carbocycles. The van der Waals surface area contributed by atoms with Crippen LogP contribution in [0.1, 0.15) is 68.1 Å². The van der Waals surface area contributed by atoms with Crippen LogP contribution in [0.4, 0.5) is 0 Å². The Kier molecular flexibility index (Phi) is 6.91. The normalized spacial score (nSPS) is 17.1. The van der Waals surface area contributed by atoms with Crippen molar-refractivity contribution in [2.24, 2.45) is 0 Å². The van der Waals surface area contributed by atoms with Crippen LogP contribution in [0, 0.1) is 0 Å². The maximum Gasteiger partial charge on any atom is 0.257 e. The van der Waals surface area contributed by atoms with E-state index in [4.69, 9.17) is 4.74 Å². The Morgan fingerprint density at radius 1 is 1.26 bits per heavy atom. The molecule has 1 aromatic heterocycles. The highest BCUT2D eigenvalue weighted by molar-refractivity contribution is 5.97. The minimum absolute atomic E-state index is 0.0677. The molecule has 0 N–H and O–H groups in total. The van der Waals surface area contributed by atoms with Gasteiger partial charge in [-0.15, -0.1) is 0 Å². The summed E-state index contributed by atoms with van der Waals surface area (Å²) in [6, 6.07) is 7.59. The summed E-state index contributed by atoms with van der Waals surface area (Å²) in [5.74, 6) is 2.18. The fourth-order valence-corrected chi connectivity index (χ4v) is 3.72. The third kappa shape index (κ3) is 4.71. The molecule has 0 bridgehead atoms. The summed E-state index contributed by atoms with van der Waals surface area (Å²) in [4.78, 5) is 19.8. The zero-order valence-electron chi connectivity index (χ0n) is 16.6. The van der Waals surface area contributed by atoms with E-state index in [-0.39, 0.29) is 5.91 Å². The van der Waals surface area contributed by atoms with Crippen LogP contribution in [0.3, 0.4) is 0 Å². The van der Waals surface area contributed by atoms with Crippen LogP contribution in [-0.2, 0) is 6.54 Å². The molecule has 2 aromatic rings. The lowest BCUT2D eigenvalue weighted by Crippen LogP contribution is -2.40. The molecule has 1 amide bonds. The number of amides is 1.